The third-order valence-corrected chi connectivity index (χ3v) is 2.68. The average molecular weight is 254 g/mol. The third kappa shape index (κ3) is 7.86. The molecule has 4 heteroatoms. The molecule has 0 rings (SSSR count). The molecule has 18 heavy (non-hydrogen) atoms. The molecule has 0 radical (unpaired) electrons. The first-order valence-corrected chi connectivity index (χ1v) is 6.18. The number of esters is 1. The van der Waals surface area contributed by atoms with Crippen LogP contribution in [0.5, 0.6) is 0 Å². The van der Waals surface area contributed by atoms with Crippen molar-refractivity contribution in [3.05, 3.63) is 0 Å². The van der Waals surface area contributed by atoms with Gasteiger partial charge >= 0.3 is 5.97 Å². The smallest absolute Gasteiger partial charge is 0.305 e. The second-order valence-electron chi connectivity index (χ2n) is 4.04. The molecule has 0 aliphatic carbocycles. The fourth-order valence-electron chi connectivity index (χ4n) is 1.70. The van der Waals surface area contributed by atoms with Crippen molar-refractivity contribution in [2.24, 2.45) is 5.92 Å². The molecular weight excluding hydrogens is 232 g/mol. The first kappa shape index (κ1) is 16.7. The van der Waals surface area contributed by atoms with E-state index < -0.39 is 0 Å². The number of rotatable bonds is 9. The van der Waals surface area contributed by atoms with Crippen LogP contribution in [0.1, 0.15) is 39.0 Å². The Balaban J connectivity index is 4.14. The van der Waals surface area contributed by atoms with Crippen molar-refractivity contribution >= 4 is 11.8 Å². The van der Waals surface area contributed by atoms with E-state index in [4.69, 9.17) is 4.74 Å². The predicted octanol–water partition coefficient (Wildman–Crippen LogP) is 1.96. The molecule has 0 aromatic heterocycles. The summed E-state index contributed by atoms with van der Waals surface area (Å²) < 4.78 is 9.54. The maximum Gasteiger partial charge on any atom is 0.305 e. The van der Waals surface area contributed by atoms with Gasteiger partial charge in [-0.2, -0.15) is 0 Å². The average Bonchev–Trinajstić information content (AvgIpc) is 2.37. The Morgan fingerprint density at radius 1 is 1.17 bits per heavy atom. The van der Waals surface area contributed by atoms with Gasteiger partial charge in [-0.15, -0.1) is 0 Å². The van der Waals surface area contributed by atoms with Gasteiger partial charge in [0, 0.05) is 26.1 Å². The summed E-state index contributed by atoms with van der Waals surface area (Å²) in [5, 5.41) is 0. The number of ketones is 1. The molecule has 0 heterocycles. The van der Waals surface area contributed by atoms with Crippen molar-refractivity contribution in [2.45, 2.75) is 39.0 Å². The van der Waals surface area contributed by atoms with Crippen molar-refractivity contribution < 1.29 is 19.1 Å². The lowest BCUT2D eigenvalue weighted by Gasteiger charge is -2.12. The van der Waals surface area contributed by atoms with E-state index in [2.05, 4.69) is 16.6 Å². The van der Waals surface area contributed by atoms with Gasteiger partial charge in [0.1, 0.15) is 0 Å². The monoisotopic (exact) mass is 254 g/mol. The summed E-state index contributed by atoms with van der Waals surface area (Å²) in [5.74, 6) is 4.83. The SMILES string of the molecule is CC#CC(=O)C(CCCOC)CCCC(=O)OC. The highest BCUT2D eigenvalue weighted by atomic mass is 16.5. The zero-order valence-corrected chi connectivity index (χ0v) is 11.5. The standard InChI is InChI=1S/C14H22O4/c1-4-7-13(15)12(9-6-11-17-2)8-5-10-14(16)18-3/h12H,5-6,8-11H2,1-3H3. The second kappa shape index (κ2) is 10.8. The number of carbonyl (C=O) groups is 2. The van der Waals surface area contributed by atoms with Crippen LogP contribution >= 0.6 is 0 Å². The second-order valence-corrected chi connectivity index (χ2v) is 4.04. The van der Waals surface area contributed by atoms with Crippen molar-refractivity contribution in [2.75, 3.05) is 20.8 Å². The number of Topliss-reactive ketones (excluding diaryl/α,β-unsaturated/α-hetero) is 1. The lowest BCUT2D eigenvalue weighted by atomic mass is 9.92. The summed E-state index contributed by atoms with van der Waals surface area (Å²) >= 11 is 0. The van der Waals surface area contributed by atoms with Gasteiger partial charge in [-0.05, 0) is 38.5 Å². The topological polar surface area (TPSA) is 52.6 Å². The largest absolute Gasteiger partial charge is 0.469 e. The Labute approximate surface area is 109 Å². The molecular formula is C14H22O4. The molecule has 0 aromatic carbocycles. The van der Waals surface area contributed by atoms with E-state index >= 15 is 0 Å². The maximum atomic E-state index is 11.8. The molecule has 1 unspecified atom stereocenters. The quantitative estimate of drug-likeness (QED) is 0.273. The zero-order chi connectivity index (χ0) is 13.8. The summed E-state index contributed by atoms with van der Waals surface area (Å²) in [6, 6.07) is 0. The minimum absolute atomic E-state index is 0.0431. The van der Waals surface area contributed by atoms with Crippen molar-refractivity contribution in [3.63, 3.8) is 0 Å². The Kier molecular flexibility index (Phi) is 9.99. The first-order chi connectivity index (χ1) is 8.65. The van der Waals surface area contributed by atoms with Gasteiger partial charge in [-0.25, -0.2) is 0 Å². The number of methoxy groups -OCH3 is 2. The van der Waals surface area contributed by atoms with Crippen LogP contribution in [0.2, 0.25) is 0 Å². The predicted molar refractivity (Wildman–Crippen MR) is 68.9 cm³/mol. The van der Waals surface area contributed by atoms with Gasteiger partial charge in [0.2, 0.25) is 5.78 Å². The molecule has 0 amide bonds. The molecule has 0 spiro atoms. The maximum absolute atomic E-state index is 11.8. The Bertz CT molecular complexity index is 311. The third-order valence-electron chi connectivity index (χ3n) is 2.68. The molecule has 0 aromatic rings. The van der Waals surface area contributed by atoms with E-state index in [1.54, 1.807) is 14.0 Å². The first-order valence-electron chi connectivity index (χ1n) is 6.18. The normalized spacial score (nSPS) is 11.3. The highest BCUT2D eigenvalue weighted by Crippen LogP contribution is 2.16. The summed E-state index contributed by atoms with van der Waals surface area (Å²) in [6.45, 7) is 2.29. The molecule has 0 saturated heterocycles. The summed E-state index contributed by atoms with van der Waals surface area (Å²) in [6.07, 6.45) is 3.26. The zero-order valence-electron chi connectivity index (χ0n) is 11.5. The van der Waals surface area contributed by atoms with Crippen LogP contribution in [-0.4, -0.2) is 32.6 Å². The van der Waals surface area contributed by atoms with Gasteiger partial charge in [0.05, 0.1) is 7.11 Å². The van der Waals surface area contributed by atoms with E-state index in [9.17, 15) is 9.59 Å². The summed E-state index contributed by atoms with van der Waals surface area (Å²) in [4.78, 5) is 22.7. The molecule has 102 valence electrons. The van der Waals surface area contributed by atoms with E-state index in [-0.39, 0.29) is 17.7 Å². The molecule has 0 bridgehead atoms. The van der Waals surface area contributed by atoms with Gasteiger partial charge in [-0.1, -0.05) is 5.92 Å². The van der Waals surface area contributed by atoms with E-state index in [0.717, 1.165) is 12.8 Å². The lowest BCUT2D eigenvalue weighted by Crippen LogP contribution is -2.14. The molecule has 0 aliphatic heterocycles. The van der Waals surface area contributed by atoms with Crippen LogP contribution in [-0.2, 0) is 19.1 Å². The van der Waals surface area contributed by atoms with Crippen LogP contribution in [0.3, 0.4) is 0 Å². The summed E-state index contributed by atoms with van der Waals surface area (Å²) in [5.41, 5.74) is 0. The molecule has 0 aliphatic rings. The minimum Gasteiger partial charge on any atom is -0.469 e. The molecule has 4 nitrogen and oxygen atoms in total. The number of carbonyl (C=O) groups excluding carboxylic acids is 2. The fraction of sp³-hybridized carbons (Fsp3) is 0.714. The van der Waals surface area contributed by atoms with Gasteiger partial charge < -0.3 is 9.47 Å². The molecule has 1 atom stereocenters. The molecule has 0 fully saturated rings. The summed E-state index contributed by atoms with van der Waals surface area (Å²) in [7, 11) is 3.01. The van der Waals surface area contributed by atoms with Gasteiger partial charge in [-0.3, -0.25) is 9.59 Å². The van der Waals surface area contributed by atoms with Gasteiger partial charge in [0.15, 0.2) is 0 Å². The van der Waals surface area contributed by atoms with Crippen molar-refractivity contribution in [1.82, 2.24) is 0 Å². The Morgan fingerprint density at radius 2 is 1.83 bits per heavy atom. The van der Waals surface area contributed by atoms with Crippen molar-refractivity contribution in [1.29, 1.82) is 0 Å². The van der Waals surface area contributed by atoms with Crippen LogP contribution < -0.4 is 0 Å². The number of hydrogen-bond acceptors (Lipinski definition) is 4. The molecule has 0 saturated carbocycles. The van der Waals surface area contributed by atoms with Gasteiger partial charge in [0.25, 0.3) is 0 Å². The van der Waals surface area contributed by atoms with Crippen molar-refractivity contribution in [3.8, 4) is 11.8 Å². The van der Waals surface area contributed by atoms with E-state index in [1.165, 1.54) is 7.11 Å². The number of ether oxygens (including phenoxy) is 2. The minimum atomic E-state index is -0.236. The highest BCUT2D eigenvalue weighted by molar-refractivity contribution is 5.97. The van der Waals surface area contributed by atoms with E-state index in [0.29, 0.717) is 25.9 Å². The van der Waals surface area contributed by atoms with E-state index in [1.807, 2.05) is 0 Å². The number of hydrogen-bond donors (Lipinski definition) is 0. The van der Waals surface area contributed by atoms with Crippen LogP contribution in [0, 0.1) is 17.8 Å². The highest BCUT2D eigenvalue weighted by Gasteiger charge is 2.16. The molecule has 0 N–H and O–H groups in total. The Morgan fingerprint density at radius 3 is 2.39 bits per heavy atom. The van der Waals surface area contributed by atoms with Crippen LogP contribution in [0.15, 0.2) is 0 Å². The Hall–Kier alpha value is -1.34. The fourth-order valence-corrected chi connectivity index (χ4v) is 1.70. The van der Waals surface area contributed by atoms with Crippen LogP contribution in [0.4, 0.5) is 0 Å². The van der Waals surface area contributed by atoms with Crippen LogP contribution in [0.25, 0.3) is 0 Å². The lowest BCUT2D eigenvalue weighted by molar-refractivity contribution is -0.140.